The Bertz CT molecular complexity index is 667. The highest BCUT2D eigenvalue weighted by atomic mass is 32.2. The van der Waals surface area contributed by atoms with E-state index in [0.29, 0.717) is 6.04 Å². The van der Waals surface area contributed by atoms with E-state index in [1.165, 1.54) is 50.3 Å². The minimum Gasteiger partial charge on any atom is -0.351 e. The molecule has 1 N–H and O–H groups in total. The molecule has 2 aliphatic heterocycles. The lowest BCUT2D eigenvalue weighted by atomic mass is 10.0. The van der Waals surface area contributed by atoms with Crippen LogP contribution in [0.25, 0.3) is 11.3 Å². The van der Waals surface area contributed by atoms with E-state index in [-0.39, 0.29) is 0 Å². The molecule has 0 amide bonds. The smallest absolute Gasteiger partial charge is 0.223 e. The molecule has 2 aliphatic rings. The standard InChI is InChI=1S/C19H25N5S/c1-2-15(14-20-8-1)18-3-9-21-19(23-18)22-16-4-10-24(11-5-16)17-6-12-25-13-7-17/h1-3,8-9,14,16-17H,4-7,10-13H2,(H,21,22,23). The lowest BCUT2D eigenvalue weighted by Crippen LogP contribution is -2.46. The van der Waals surface area contributed by atoms with Gasteiger partial charge in [-0.15, -0.1) is 0 Å². The fourth-order valence-corrected chi connectivity index (χ4v) is 4.83. The second-order valence-corrected chi connectivity index (χ2v) is 8.03. The highest BCUT2D eigenvalue weighted by molar-refractivity contribution is 7.99. The van der Waals surface area contributed by atoms with Crippen molar-refractivity contribution in [2.24, 2.45) is 0 Å². The van der Waals surface area contributed by atoms with Crippen molar-refractivity contribution in [1.82, 2.24) is 19.9 Å². The van der Waals surface area contributed by atoms with Gasteiger partial charge in [0.25, 0.3) is 0 Å². The molecule has 5 nitrogen and oxygen atoms in total. The van der Waals surface area contributed by atoms with Gasteiger partial charge in [0.15, 0.2) is 0 Å². The number of rotatable bonds is 4. The molecule has 0 saturated carbocycles. The minimum absolute atomic E-state index is 0.471. The van der Waals surface area contributed by atoms with Crippen LogP contribution in [0.4, 0.5) is 5.95 Å². The quantitative estimate of drug-likeness (QED) is 0.908. The Morgan fingerprint density at radius 2 is 1.88 bits per heavy atom. The van der Waals surface area contributed by atoms with Crippen molar-refractivity contribution in [2.45, 2.75) is 37.8 Å². The molecule has 0 spiro atoms. The molecule has 132 valence electrons. The Balaban J connectivity index is 1.34. The van der Waals surface area contributed by atoms with Gasteiger partial charge in [0, 0.05) is 49.3 Å². The third kappa shape index (κ3) is 4.30. The van der Waals surface area contributed by atoms with E-state index >= 15 is 0 Å². The lowest BCUT2D eigenvalue weighted by Gasteiger charge is -2.39. The van der Waals surface area contributed by atoms with Gasteiger partial charge in [-0.2, -0.15) is 11.8 Å². The molecular weight excluding hydrogens is 330 g/mol. The van der Waals surface area contributed by atoms with Gasteiger partial charge < -0.3 is 10.2 Å². The first-order valence-electron chi connectivity index (χ1n) is 9.20. The average molecular weight is 356 g/mol. The summed E-state index contributed by atoms with van der Waals surface area (Å²) >= 11 is 2.10. The van der Waals surface area contributed by atoms with Crippen LogP contribution >= 0.6 is 11.8 Å². The summed E-state index contributed by atoms with van der Waals surface area (Å²) in [5.74, 6) is 3.39. The van der Waals surface area contributed by atoms with Gasteiger partial charge in [0.1, 0.15) is 0 Å². The zero-order valence-electron chi connectivity index (χ0n) is 14.5. The Morgan fingerprint density at radius 1 is 1.04 bits per heavy atom. The Morgan fingerprint density at radius 3 is 2.64 bits per heavy atom. The predicted molar refractivity (Wildman–Crippen MR) is 104 cm³/mol. The van der Waals surface area contributed by atoms with Gasteiger partial charge in [-0.1, -0.05) is 0 Å². The van der Waals surface area contributed by atoms with E-state index in [2.05, 4.69) is 36.9 Å². The summed E-state index contributed by atoms with van der Waals surface area (Å²) in [7, 11) is 0. The molecule has 25 heavy (non-hydrogen) atoms. The SMILES string of the molecule is c1cncc(-c2ccnc(NC3CCN(C4CCSCC4)CC3)n2)c1. The number of likely N-dealkylation sites (tertiary alicyclic amines) is 1. The summed E-state index contributed by atoms with van der Waals surface area (Å²) in [6, 6.07) is 7.18. The molecule has 2 saturated heterocycles. The molecule has 0 aromatic carbocycles. The van der Waals surface area contributed by atoms with E-state index in [1.807, 2.05) is 30.6 Å². The summed E-state index contributed by atoms with van der Waals surface area (Å²) in [6.45, 7) is 2.38. The van der Waals surface area contributed by atoms with Crippen LogP contribution in [0.1, 0.15) is 25.7 Å². The molecule has 0 atom stereocenters. The summed E-state index contributed by atoms with van der Waals surface area (Å²) in [5.41, 5.74) is 1.95. The molecule has 0 radical (unpaired) electrons. The van der Waals surface area contributed by atoms with E-state index in [9.17, 15) is 0 Å². The second-order valence-electron chi connectivity index (χ2n) is 6.81. The zero-order chi connectivity index (χ0) is 16.9. The summed E-state index contributed by atoms with van der Waals surface area (Å²) < 4.78 is 0. The van der Waals surface area contributed by atoms with Crippen molar-refractivity contribution in [1.29, 1.82) is 0 Å². The fourth-order valence-electron chi connectivity index (χ4n) is 3.75. The monoisotopic (exact) mass is 355 g/mol. The van der Waals surface area contributed by atoms with E-state index in [4.69, 9.17) is 0 Å². The van der Waals surface area contributed by atoms with Crippen LogP contribution in [0.3, 0.4) is 0 Å². The van der Waals surface area contributed by atoms with Crippen LogP contribution in [-0.2, 0) is 0 Å². The van der Waals surface area contributed by atoms with Gasteiger partial charge in [-0.25, -0.2) is 9.97 Å². The molecule has 0 bridgehead atoms. The highest BCUT2D eigenvalue weighted by Crippen LogP contribution is 2.25. The number of pyridine rings is 1. The largest absolute Gasteiger partial charge is 0.351 e. The van der Waals surface area contributed by atoms with Gasteiger partial charge in [0.2, 0.25) is 5.95 Å². The maximum atomic E-state index is 4.67. The third-order valence-corrected chi connectivity index (χ3v) is 6.23. The first-order valence-corrected chi connectivity index (χ1v) is 10.4. The van der Waals surface area contributed by atoms with Crippen LogP contribution in [0, 0.1) is 0 Å². The Labute approximate surface area is 153 Å². The first kappa shape index (κ1) is 16.8. The molecule has 4 rings (SSSR count). The molecule has 2 aromatic rings. The van der Waals surface area contributed by atoms with Gasteiger partial charge in [-0.3, -0.25) is 4.98 Å². The number of piperidine rings is 1. The molecule has 6 heteroatoms. The van der Waals surface area contributed by atoms with Gasteiger partial charge in [0.05, 0.1) is 5.69 Å². The number of anilines is 1. The Hall–Kier alpha value is -1.66. The number of hydrogen-bond donors (Lipinski definition) is 1. The molecule has 0 aliphatic carbocycles. The van der Waals surface area contributed by atoms with Crippen LogP contribution in [0.5, 0.6) is 0 Å². The summed E-state index contributed by atoms with van der Waals surface area (Å²) in [4.78, 5) is 15.9. The highest BCUT2D eigenvalue weighted by Gasteiger charge is 2.26. The Kier molecular flexibility index (Phi) is 5.47. The maximum Gasteiger partial charge on any atom is 0.223 e. The average Bonchev–Trinajstić information content (AvgIpc) is 2.70. The zero-order valence-corrected chi connectivity index (χ0v) is 15.3. The van der Waals surface area contributed by atoms with Crippen molar-refractivity contribution >= 4 is 17.7 Å². The van der Waals surface area contributed by atoms with Crippen molar-refractivity contribution in [2.75, 3.05) is 29.9 Å². The number of nitrogens with zero attached hydrogens (tertiary/aromatic N) is 4. The number of aromatic nitrogens is 3. The maximum absolute atomic E-state index is 4.67. The number of hydrogen-bond acceptors (Lipinski definition) is 6. The van der Waals surface area contributed by atoms with Gasteiger partial charge >= 0.3 is 0 Å². The van der Waals surface area contributed by atoms with E-state index in [1.54, 1.807) is 6.20 Å². The van der Waals surface area contributed by atoms with E-state index in [0.717, 1.165) is 23.2 Å². The molecule has 2 aromatic heterocycles. The van der Waals surface area contributed by atoms with Crippen LogP contribution < -0.4 is 5.32 Å². The normalized spacial score (nSPS) is 20.5. The third-order valence-electron chi connectivity index (χ3n) is 5.18. The lowest BCUT2D eigenvalue weighted by molar-refractivity contribution is 0.148. The van der Waals surface area contributed by atoms with Crippen molar-refractivity contribution < 1.29 is 0 Å². The minimum atomic E-state index is 0.471. The van der Waals surface area contributed by atoms with E-state index < -0.39 is 0 Å². The summed E-state index contributed by atoms with van der Waals surface area (Å²) in [5, 5.41) is 3.54. The molecular formula is C19H25N5S. The second kappa shape index (κ2) is 8.15. The molecule has 0 unspecified atom stereocenters. The van der Waals surface area contributed by atoms with Crippen molar-refractivity contribution in [3.63, 3.8) is 0 Å². The van der Waals surface area contributed by atoms with Crippen LogP contribution in [0.15, 0.2) is 36.8 Å². The predicted octanol–water partition coefficient (Wildman–Crippen LogP) is 3.31. The summed E-state index contributed by atoms with van der Waals surface area (Å²) in [6.07, 6.45) is 10.5. The first-order chi connectivity index (χ1) is 12.4. The number of nitrogens with one attached hydrogen (secondary N) is 1. The van der Waals surface area contributed by atoms with Crippen LogP contribution in [0.2, 0.25) is 0 Å². The molecule has 2 fully saturated rings. The fraction of sp³-hybridized carbons (Fsp3) is 0.526. The van der Waals surface area contributed by atoms with Gasteiger partial charge in [-0.05, 0) is 55.4 Å². The number of thioether (sulfide) groups is 1. The topological polar surface area (TPSA) is 53.9 Å². The van der Waals surface area contributed by atoms with Crippen molar-refractivity contribution in [3.8, 4) is 11.3 Å². The van der Waals surface area contributed by atoms with Crippen molar-refractivity contribution in [3.05, 3.63) is 36.8 Å². The van der Waals surface area contributed by atoms with Crippen LogP contribution in [-0.4, -0.2) is 56.5 Å². The molecule has 4 heterocycles.